The van der Waals surface area contributed by atoms with Crippen LogP contribution in [0.4, 0.5) is 0 Å². The summed E-state index contributed by atoms with van der Waals surface area (Å²) in [6.07, 6.45) is 0.822. The van der Waals surface area contributed by atoms with Crippen LogP contribution in [-0.2, 0) is 4.79 Å². The van der Waals surface area contributed by atoms with Gasteiger partial charge in [0.25, 0.3) is 0 Å². The van der Waals surface area contributed by atoms with E-state index >= 15 is 0 Å². The lowest BCUT2D eigenvalue weighted by atomic mass is 10.2. The van der Waals surface area contributed by atoms with Crippen LogP contribution in [0, 0.1) is 0 Å². The number of amides is 1. The van der Waals surface area contributed by atoms with Gasteiger partial charge < -0.3 is 5.32 Å². The number of benzene rings is 2. The summed E-state index contributed by atoms with van der Waals surface area (Å²) in [5, 5.41) is 4.78. The van der Waals surface area contributed by atoms with Crippen molar-refractivity contribution in [2.75, 3.05) is 5.75 Å². The lowest BCUT2D eigenvalue weighted by Crippen LogP contribution is -2.45. The lowest BCUT2D eigenvalue weighted by molar-refractivity contribution is -0.119. The number of carbonyl (C=O) groups is 1. The number of nitrogens with one attached hydrogen (secondary N) is 3. The second-order valence-corrected chi connectivity index (χ2v) is 7.95. The summed E-state index contributed by atoms with van der Waals surface area (Å²) in [6.45, 7) is 2.08. The van der Waals surface area contributed by atoms with Gasteiger partial charge in [0.05, 0.1) is 28.5 Å². The average Bonchev–Trinajstić information content (AvgIpc) is 3.29. The van der Waals surface area contributed by atoms with E-state index in [1.165, 1.54) is 11.8 Å². The van der Waals surface area contributed by atoms with Crippen molar-refractivity contribution < 1.29 is 4.79 Å². The predicted octanol–water partition coefficient (Wildman–Crippen LogP) is 2.46. The van der Waals surface area contributed by atoms with Crippen LogP contribution in [0.25, 0.3) is 27.6 Å². The van der Waals surface area contributed by atoms with Crippen LogP contribution in [0.2, 0.25) is 0 Å². The number of imidazole rings is 1. The third-order valence-electron chi connectivity index (χ3n) is 4.87. The minimum absolute atomic E-state index is 0.0223. The van der Waals surface area contributed by atoms with Gasteiger partial charge >= 0.3 is 0 Å². The minimum atomic E-state index is -0.0400. The molecule has 7 nitrogen and oxygen atoms in total. The quantitative estimate of drug-likeness (QED) is 0.366. The van der Waals surface area contributed by atoms with Gasteiger partial charge in [0, 0.05) is 11.4 Å². The molecule has 2 aromatic carbocycles. The number of hydrogen-bond donors (Lipinski definition) is 3. The van der Waals surface area contributed by atoms with Gasteiger partial charge in [-0.3, -0.25) is 14.6 Å². The molecule has 1 aliphatic rings. The molecule has 0 saturated carbocycles. The van der Waals surface area contributed by atoms with Crippen LogP contribution in [0.3, 0.4) is 0 Å². The maximum atomic E-state index is 12.4. The molecule has 2 atom stereocenters. The zero-order valence-corrected chi connectivity index (χ0v) is 16.2. The zero-order chi connectivity index (χ0) is 19.1. The number of thioether (sulfide) groups is 1. The fourth-order valence-corrected chi connectivity index (χ4v) is 4.41. The summed E-state index contributed by atoms with van der Waals surface area (Å²) in [5.74, 6) is 0.269. The highest BCUT2D eigenvalue weighted by Crippen LogP contribution is 2.28. The number of nitrogens with zero attached hydrogens (tertiary/aromatic N) is 3. The van der Waals surface area contributed by atoms with Crippen molar-refractivity contribution >= 4 is 45.3 Å². The Labute approximate surface area is 165 Å². The topological polar surface area (TPSA) is 83.4 Å². The van der Waals surface area contributed by atoms with Crippen LogP contribution < -0.4 is 16.2 Å². The standard InChI is InChI=1S/C20H20N6OS/c1-12-10-17(25-24-12)23-18(27)11-28-20-22-14-7-3-2-6-13(14)19-21-15-8-4-5-9-16(15)26(19)20/h2-9,12,17,24-25H,10-11H2,1H3,(H,23,27). The monoisotopic (exact) mass is 392 g/mol. The van der Waals surface area contributed by atoms with Crippen molar-refractivity contribution in [1.29, 1.82) is 0 Å². The van der Waals surface area contributed by atoms with Gasteiger partial charge in [-0.1, -0.05) is 36.0 Å². The van der Waals surface area contributed by atoms with E-state index in [0.717, 1.165) is 39.2 Å². The van der Waals surface area contributed by atoms with Crippen molar-refractivity contribution in [3.8, 4) is 0 Å². The van der Waals surface area contributed by atoms with E-state index in [-0.39, 0.29) is 12.1 Å². The summed E-state index contributed by atoms with van der Waals surface area (Å²) in [7, 11) is 0. The SMILES string of the molecule is CC1CC(NC(=O)CSc2nc3ccccc3c3nc4ccccc4n23)NN1. The molecule has 1 fully saturated rings. The summed E-state index contributed by atoms with van der Waals surface area (Å²) < 4.78 is 2.05. The molecule has 3 N–H and O–H groups in total. The molecule has 5 rings (SSSR count). The normalized spacial score (nSPS) is 19.6. The number of fused-ring (bicyclic) bond motifs is 5. The molecule has 4 aromatic rings. The largest absolute Gasteiger partial charge is 0.339 e. The molecule has 0 spiro atoms. The van der Waals surface area contributed by atoms with Crippen LogP contribution in [0.5, 0.6) is 0 Å². The van der Waals surface area contributed by atoms with Crippen LogP contribution in [0.15, 0.2) is 53.7 Å². The first-order chi connectivity index (χ1) is 13.7. The Balaban J connectivity index is 1.50. The average molecular weight is 392 g/mol. The van der Waals surface area contributed by atoms with Gasteiger partial charge in [0.1, 0.15) is 5.65 Å². The molecule has 3 heterocycles. The second kappa shape index (κ2) is 7.05. The Bertz CT molecular complexity index is 1190. The second-order valence-electron chi connectivity index (χ2n) is 7.01. The molecule has 1 saturated heterocycles. The third kappa shape index (κ3) is 3.09. The Hall–Kier alpha value is -2.68. The zero-order valence-electron chi connectivity index (χ0n) is 15.3. The number of aromatic nitrogens is 3. The molecule has 0 radical (unpaired) electrons. The Kier molecular flexibility index (Phi) is 4.38. The number of para-hydroxylation sites is 3. The van der Waals surface area contributed by atoms with Crippen molar-refractivity contribution in [3.05, 3.63) is 48.5 Å². The van der Waals surface area contributed by atoms with E-state index in [2.05, 4.69) is 23.1 Å². The van der Waals surface area contributed by atoms with E-state index in [0.29, 0.717) is 11.8 Å². The van der Waals surface area contributed by atoms with Crippen molar-refractivity contribution in [1.82, 2.24) is 30.5 Å². The Morgan fingerprint density at radius 3 is 2.75 bits per heavy atom. The van der Waals surface area contributed by atoms with E-state index in [1.807, 2.05) is 52.9 Å². The molecule has 0 bridgehead atoms. The highest BCUT2D eigenvalue weighted by Gasteiger charge is 2.22. The summed E-state index contributed by atoms with van der Waals surface area (Å²) in [5.41, 5.74) is 9.86. The number of carbonyl (C=O) groups excluding carboxylic acids is 1. The molecular formula is C20H20N6OS. The van der Waals surface area contributed by atoms with Crippen LogP contribution in [-0.4, -0.2) is 38.2 Å². The fraction of sp³-hybridized carbons (Fsp3) is 0.250. The first kappa shape index (κ1) is 17.4. The van der Waals surface area contributed by atoms with E-state index in [9.17, 15) is 4.79 Å². The van der Waals surface area contributed by atoms with Crippen molar-refractivity contribution in [2.45, 2.75) is 30.7 Å². The van der Waals surface area contributed by atoms with Gasteiger partial charge in [0.2, 0.25) is 5.91 Å². The van der Waals surface area contributed by atoms with E-state index in [4.69, 9.17) is 9.97 Å². The molecule has 1 amide bonds. The van der Waals surface area contributed by atoms with E-state index in [1.54, 1.807) is 0 Å². The van der Waals surface area contributed by atoms with E-state index < -0.39 is 0 Å². The fourth-order valence-electron chi connectivity index (χ4n) is 3.59. The molecule has 2 unspecified atom stereocenters. The Morgan fingerprint density at radius 2 is 1.93 bits per heavy atom. The van der Waals surface area contributed by atoms with Gasteiger partial charge in [0.15, 0.2) is 5.16 Å². The van der Waals surface area contributed by atoms with Crippen LogP contribution >= 0.6 is 11.8 Å². The maximum absolute atomic E-state index is 12.4. The number of rotatable bonds is 4. The predicted molar refractivity (Wildman–Crippen MR) is 111 cm³/mol. The molecular weight excluding hydrogens is 372 g/mol. The van der Waals surface area contributed by atoms with Gasteiger partial charge in [-0.25, -0.2) is 15.4 Å². The summed E-state index contributed by atoms with van der Waals surface area (Å²) >= 11 is 1.43. The minimum Gasteiger partial charge on any atom is -0.339 e. The molecule has 142 valence electrons. The number of hydrogen-bond acceptors (Lipinski definition) is 6. The summed E-state index contributed by atoms with van der Waals surface area (Å²) in [4.78, 5) is 22.1. The maximum Gasteiger partial charge on any atom is 0.231 e. The third-order valence-corrected chi connectivity index (χ3v) is 5.81. The lowest BCUT2D eigenvalue weighted by Gasteiger charge is -2.12. The highest BCUT2D eigenvalue weighted by molar-refractivity contribution is 7.99. The molecule has 2 aromatic heterocycles. The van der Waals surface area contributed by atoms with Gasteiger partial charge in [-0.05, 0) is 37.6 Å². The summed E-state index contributed by atoms with van der Waals surface area (Å²) in [6, 6.07) is 16.3. The first-order valence-electron chi connectivity index (χ1n) is 9.28. The smallest absolute Gasteiger partial charge is 0.231 e. The molecule has 0 aliphatic carbocycles. The first-order valence-corrected chi connectivity index (χ1v) is 10.3. The molecule has 28 heavy (non-hydrogen) atoms. The highest BCUT2D eigenvalue weighted by atomic mass is 32.2. The van der Waals surface area contributed by atoms with Gasteiger partial charge in [-0.2, -0.15) is 0 Å². The molecule has 8 heteroatoms. The van der Waals surface area contributed by atoms with Crippen molar-refractivity contribution in [3.63, 3.8) is 0 Å². The van der Waals surface area contributed by atoms with Gasteiger partial charge in [-0.15, -0.1) is 0 Å². The van der Waals surface area contributed by atoms with Crippen molar-refractivity contribution in [2.24, 2.45) is 0 Å². The number of hydrazine groups is 1. The molecule has 1 aliphatic heterocycles. The Morgan fingerprint density at radius 1 is 1.14 bits per heavy atom. The van der Waals surface area contributed by atoms with Crippen LogP contribution in [0.1, 0.15) is 13.3 Å².